The summed E-state index contributed by atoms with van der Waals surface area (Å²) in [6.07, 6.45) is 5.11. The summed E-state index contributed by atoms with van der Waals surface area (Å²) in [6, 6.07) is 2.15. The maximum atomic E-state index is 11.7. The van der Waals surface area contributed by atoms with Gasteiger partial charge in [0.2, 0.25) is 5.91 Å². The van der Waals surface area contributed by atoms with Gasteiger partial charge in [0.25, 0.3) is 0 Å². The number of esters is 1. The summed E-state index contributed by atoms with van der Waals surface area (Å²) in [7, 11) is 0. The molecule has 0 atom stereocenters. The van der Waals surface area contributed by atoms with Crippen LogP contribution < -0.4 is 5.32 Å². The van der Waals surface area contributed by atoms with Crippen molar-refractivity contribution in [2.75, 3.05) is 11.9 Å². The lowest BCUT2D eigenvalue weighted by Crippen LogP contribution is -2.09. The Bertz CT molecular complexity index is 611. The van der Waals surface area contributed by atoms with Gasteiger partial charge in [0.05, 0.1) is 12.2 Å². The van der Waals surface area contributed by atoms with Gasteiger partial charge in [0.1, 0.15) is 11.1 Å². The highest BCUT2D eigenvalue weighted by molar-refractivity contribution is 7.16. The Balaban J connectivity index is 2.06. The largest absolute Gasteiger partial charge is 0.463 e. The molecule has 6 heteroatoms. The van der Waals surface area contributed by atoms with Crippen molar-refractivity contribution in [3.8, 4) is 6.07 Å². The van der Waals surface area contributed by atoms with E-state index in [1.807, 2.05) is 0 Å². The van der Waals surface area contributed by atoms with E-state index in [-0.39, 0.29) is 6.61 Å². The van der Waals surface area contributed by atoms with Gasteiger partial charge in [-0.1, -0.05) is 0 Å². The standard InChI is InChI=1S/C14H14N2O3S/c1-2-19-13(18)7-6-12(17)16-14-10(8-15)9-4-3-5-11(9)20-14/h6-7H,2-5H2,1H3,(H,16,17). The summed E-state index contributed by atoms with van der Waals surface area (Å²) in [5, 5.41) is 12.4. The van der Waals surface area contributed by atoms with Crippen molar-refractivity contribution in [1.82, 2.24) is 0 Å². The number of nitrogens with zero attached hydrogens (tertiary/aromatic N) is 1. The third-order valence-electron chi connectivity index (χ3n) is 2.93. The molecule has 5 nitrogen and oxygen atoms in total. The number of carbonyl (C=O) groups excluding carboxylic acids is 2. The highest BCUT2D eigenvalue weighted by Gasteiger charge is 2.22. The fraction of sp³-hybridized carbons (Fsp3) is 0.357. The first kappa shape index (κ1) is 14.3. The molecule has 1 amide bonds. The van der Waals surface area contributed by atoms with E-state index in [0.717, 1.165) is 37.0 Å². The number of amides is 1. The van der Waals surface area contributed by atoms with E-state index in [1.165, 1.54) is 16.2 Å². The number of aryl methyl sites for hydroxylation is 1. The second-order valence-electron chi connectivity index (χ2n) is 4.25. The molecule has 1 aliphatic rings. The van der Waals surface area contributed by atoms with Crippen molar-refractivity contribution >= 4 is 28.2 Å². The molecule has 0 fully saturated rings. The molecule has 0 aromatic carbocycles. The number of thiophene rings is 1. The molecule has 104 valence electrons. The zero-order chi connectivity index (χ0) is 14.5. The normalized spacial score (nSPS) is 13.0. The molecule has 1 aromatic heterocycles. The van der Waals surface area contributed by atoms with E-state index in [1.54, 1.807) is 6.92 Å². The molecule has 0 bridgehead atoms. The molecule has 0 unspecified atom stereocenters. The maximum Gasteiger partial charge on any atom is 0.330 e. The van der Waals surface area contributed by atoms with Crippen LogP contribution in [0.1, 0.15) is 29.3 Å². The molecule has 0 spiro atoms. The van der Waals surface area contributed by atoms with E-state index in [9.17, 15) is 14.9 Å². The van der Waals surface area contributed by atoms with Crippen LogP contribution in [-0.4, -0.2) is 18.5 Å². The van der Waals surface area contributed by atoms with E-state index < -0.39 is 11.9 Å². The van der Waals surface area contributed by atoms with Gasteiger partial charge in [-0.15, -0.1) is 11.3 Å². The summed E-state index contributed by atoms with van der Waals surface area (Å²) in [6.45, 7) is 1.96. The highest BCUT2D eigenvalue weighted by Crippen LogP contribution is 2.38. The van der Waals surface area contributed by atoms with Gasteiger partial charge in [-0.3, -0.25) is 4.79 Å². The average molecular weight is 290 g/mol. The molecule has 0 saturated carbocycles. The second-order valence-corrected chi connectivity index (χ2v) is 5.35. The topological polar surface area (TPSA) is 79.2 Å². The van der Waals surface area contributed by atoms with Gasteiger partial charge < -0.3 is 10.1 Å². The fourth-order valence-electron chi connectivity index (χ4n) is 2.10. The SMILES string of the molecule is CCOC(=O)C=CC(=O)Nc1sc2c(c1C#N)CCC2. The summed E-state index contributed by atoms with van der Waals surface area (Å²) in [5.41, 5.74) is 1.61. The molecule has 0 saturated heterocycles. The third-order valence-corrected chi connectivity index (χ3v) is 4.13. The molecule has 0 aliphatic heterocycles. The number of hydrogen-bond acceptors (Lipinski definition) is 5. The van der Waals surface area contributed by atoms with Gasteiger partial charge in [0.15, 0.2) is 0 Å². The molecule has 2 rings (SSSR count). The minimum Gasteiger partial charge on any atom is -0.463 e. The van der Waals surface area contributed by atoms with Gasteiger partial charge >= 0.3 is 5.97 Å². The number of rotatable bonds is 4. The minimum absolute atomic E-state index is 0.265. The molecule has 20 heavy (non-hydrogen) atoms. The van der Waals surface area contributed by atoms with Crippen LogP contribution >= 0.6 is 11.3 Å². The number of fused-ring (bicyclic) bond motifs is 1. The van der Waals surface area contributed by atoms with Crippen molar-refractivity contribution in [2.24, 2.45) is 0 Å². The molecular weight excluding hydrogens is 276 g/mol. The first-order valence-corrected chi connectivity index (χ1v) is 7.17. The lowest BCUT2D eigenvalue weighted by molar-refractivity contribution is -0.137. The average Bonchev–Trinajstić information content (AvgIpc) is 2.97. The van der Waals surface area contributed by atoms with Crippen molar-refractivity contribution < 1.29 is 14.3 Å². The van der Waals surface area contributed by atoms with Crippen LogP contribution in [0.4, 0.5) is 5.00 Å². The Morgan fingerprint density at radius 1 is 1.45 bits per heavy atom. The Morgan fingerprint density at radius 3 is 2.95 bits per heavy atom. The number of nitriles is 1. The van der Waals surface area contributed by atoms with Crippen LogP contribution in [0.2, 0.25) is 0 Å². The zero-order valence-electron chi connectivity index (χ0n) is 11.1. The van der Waals surface area contributed by atoms with Gasteiger partial charge in [-0.25, -0.2) is 4.79 Å². The predicted octanol–water partition coefficient (Wildman–Crippen LogP) is 2.17. The van der Waals surface area contributed by atoms with Crippen molar-refractivity contribution in [3.63, 3.8) is 0 Å². The predicted molar refractivity (Wildman–Crippen MR) is 75.5 cm³/mol. The van der Waals surface area contributed by atoms with Crippen molar-refractivity contribution in [1.29, 1.82) is 5.26 Å². The third kappa shape index (κ3) is 3.06. The lowest BCUT2D eigenvalue weighted by Gasteiger charge is -2.00. The van der Waals surface area contributed by atoms with Crippen LogP contribution in [-0.2, 0) is 27.2 Å². The zero-order valence-corrected chi connectivity index (χ0v) is 11.9. The fourth-order valence-corrected chi connectivity index (χ4v) is 3.34. The smallest absolute Gasteiger partial charge is 0.330 e. The quantitative estimate of drug-likeness (QED) is 0.681. The molecular formula is C14H14N2O3S. The Kier molecular flexibility index (Phi) is 4.53. The van der Waals surface area contributed by atoms with E-state index in [0.29, 0.717) is 10.6 Å². The first-order chi connectivity index (χ1) is 9.65. The number of carbonyl (C=O) groups is 2. The number of ether oxygens (including phenoxy) is 1. The van der Waals surface area contributed by atoms with Crippen LogP contribution in [0.3, 0.4) is 0 Å². The minimum atomic E-state index is -0.558. The van der Waals surface area contributed by atoms with Gasteiger partial charge in [0, 0.05) is 17.0 Å². The monoisotopic (exact) mass is 290 g/mol. The Hall–Kier alpha value is -2.13. The summed E-state index contributed by atoms with van der Waals surface area (Å²) in [4.78, 5) is 24.0. The second kappa shape index (κ2) is 6.35. The Labute approximate surface area is 120 Å². The maximum absolute atomic E-state index is 11.7. The van der Waals surface area contributed by atoms with Crippen LogP contribution in [0.15, 0.2) is 12.2 Å². The summed E-state index contributed by atoms with van der Waals surface area (Å²) in [5.74, 6) is -0.994. The highest BCUT2D eigenvalue weighted by atomic mass is 32.1. The number of nitrogens with one attached hydrogen (secondary N) is 1. The van der Waals surface area contributed by atoms with Crippen LogP contribution in [0, 0.1) is 11.3 Å². The molecule has 0 radical (unpaired) electrons. The summed E-state index contributed by atoms with van der Waals surface area (Å²) >= 11 is 1.44. The van der Waals surface area contributed by atoms with E-state index >= 15 is 0 Å². The van der Waals surface area contributed by atoms with E-state index in [2.05, 4.69) is 16.1 Å². The van der Waals surface area contributed by atoms with Gasteiger partial charge in [-0.2, -0.15) is 5.26 Å². The molecule has 1 aromatic rings. The lowest BCUT2D eigenvalue weighted by atomic mass is 10.1. The van der Waals surface area contributed by atoms with Crippen LogP contribution in [0.5, 0.6) is 0 Å². The van der Waals surface area contributed by atoms with Crippen molar-refractivity contribution in [2.45, 2.75) is 26.2 Å². The Morgan fingerprint density at radius 2 is 2.25 bits per heavy atom. The first-order valence-electron chi connectivity index (χ1n) is 6.36. The molecule has 1 N–H and O–H groups in total. The van der Waals surface area contributed by atoms with Gasteiger partial charge in [-0.05, 0) is 31.7 Å². The number of anilines is 1. The van der Waals surface area contributed by atoms with Crippen molar-refractivity contribution in [3.05, 3.63) is 28.2 Å². The number of hydrogen-bond donors (Lipinski definition) is 1. The van der Waals surface area contributed by atoms with Crippen LogP contribution in [0.25, 0.3) is 0 Å². The molecule has 1 heterocycles. The molecule has 1 aliphatic carbocycles. The van der Waals surface area contributed by atoms with E-state index in [4.69, 9.17) is 0 Å². The summed E-state index contributed by atoms with van der Waals surface area (Å²) < 4.78 is 4.68.